The molecule has 0 saturated heterocycles. The zero-order valence-electron chi connectivity index (χ0n) is 11.0. The standard InChI is InChI=1S/C14H16N2O5/c17-7-10(18)13(21)12(20)9-6-15-14(16-9)11(19)8-4-2-1-3-5-8/h1-6,10,12-13,17-18,20-21H,7H2,(H,15,16)/t10-,12-,13-/m1/s1. The van der Waals surface area contributed by atoms with Crippen LogP contribution in [0.2, 0.25) is 0 Å². The summed E-state index contributed by atoms with van der Waals surface area (Å²) in [5, 5.41) is 37.5. The van der Waals surface area contributed by atoms with Gasteiger partial charge in [-0.05, 0) is 0 Å². The van der Waals surface area contributed by atoms with E-state index in [2.05, 4.69) is 9.97 Å². The molecule has 0 saturated carbocycles. The Hall–Kier alpha value is -2.06. The van der Waals surface area contributed by atoms with E-state index in [1.807, 2.05) is 0 Å². The Bertz CT molecular complexity index is 598. The number of aliphatic hydroxyl groups is 4. The number of aliphatic hydroxyl groups excluding tert-OH is 4. The summed E-state index contributed by atoms with van der Waals surface area (Å²) >= 11 is 0. The molecule has 0 bridgehead atoms. The smallest absolute Gasteiger partial charge is 0.228 e. The van der Waals surface area contributed by atoms with Gasteiger partial charge in [-0.25, -0.2) is 4.98 Å². The van der Waals surface area contributed by atoms with Crippen molar-refractivity contribution in [1.29, 1.82) is 0 Å². The second kappa shape index (κ2) is 6.59. The number of aromatic nitrogens is 2. The highest BCUT2D eigenvalue weighted by atomic mass is 16.4. The summed E-state index contributed by atoms with van der Waals surface area (Å²) in [6.07, 6.45) is -3.36. The van der Waals surface area contributed by atoms with Crippen LogP contribution < -0.4 is 0 Å². The molecule has 0 aliphatic carbocycles. The molecule has 7 heteroatoms. The molecule has 5 N–H and O–H groups in total. The molecular formula is C14H16N2O5. The summed E-state index contributed by atoms with van der Waals surface area (Å²) in [7, 11) is 0. The molecule has 7 nitrogen and oxygen atoms in total. The normalized spacial score (nSPS) is 15.4. The number of nitrogens with zero attached hydrogens (tertiary/aromatic N) is 1. The maximum absolute atomic E-state index is 12.1. The van der Waals surface area contributed by atoms with Crippen molar-refractivity contribution in [3.05, 3.63) is 53.6 Å². The largest absolute Gasteiger partial charge is 0.394 e. The lowest BCUT2D eigenvalue weighted by atomic mass is 10.1. The summed E-state index contributed by atoms with van der Waals surface area (Å²) in [5.74, 6) is -0.341. The van der Waals surface area contributed by atoms with Gasteiger partial charge in [0.25, 0.3) is 0 Å². The molecule has 1 aromatic heterocycles. The van der Waals surface area contributed by atoms with E-state index in [0.717, 1.165) is 0 Å². The minimum atomic E-state index is -1.59. The van der Waals surface area contributed by atoms with Crippen LogP contribution in [0.3, 0.4) is 0 Å². The van der Waals surface area contributed by atoms with Gasteiger partial charge in [-0.15, -0.1) is 0 Å². The molecular weight excluding hydrogens is 276 g/mol. The van der Waals surface area contributed by atoms with Gasteiger partial charge in [0.2, 0.25) is 5.78 Å². The molecule has 21 heavy (non-hydrogen) atoms. The Morgan fingerprint density at radius 1 is 1.19 bits per heavy atom. The number of hydrogen-bond donors (Lipinski definition) is 5. The van der Waals surface area contributed by atoms with Crippen molar-refractivity contribution in [2.45, 2.75) is 18.3 Å². The van der Waals surface area contributed by atoms with Crippen molar-refractivity contribution in [3.63, 3.8) is 0 Å². The molecule has 0 fully saturated rings. The minimum Gasteiger partial charge on any atom is -0.394 e. The van der Waals surface area contributed by atoms with Gasteiger partial charge in [0.05, 0.1) is 18.5 Å². The molecule has 0 amide bonds. The first-order chi connectivity index (χ1) is 10.0. The average Bonchev–Trinajstić information content (AvgIpc) is 3.02. The Kier molecular flexibility index (Phi) is 4.81. The monoisotopic (exact) mass is 292 g/mol. The van der Waals surface area contributed by atoms with Gasteiger partial charge < -0.3 is 25.4 Å². The Morgan fingerprint density at radius 2 is 1.86 bits per heavy atom. The van der Waals surface area contributed by atoms with Crippen LogP contribution >= 0.6 is 0 Å². The van der Waals surface area contributed by atoms with E-state index in [4.69, 9.17) is 5.11 Å². The van der Waals surface area contributed by atoms with Crippen molar-refractivity contribution < 1.29 is 25.2 Å². The predicted octanol–water partition coefficient (Wildman–Crippen LogP) is -0.612. The van der Waals surface area contributed by atoms with E-state index < -0.39 is 24.9 Å². The van der Waals surface area contributed by atoms with Crippen molar-refractivity contribution in [1.82, 2.24) is 9.97 Å². The molecule has 112 valence electrons. The van der Waals surface area contributed by atoms with Crippen molar-refractivity contribution in [2.75, 3.05) is 6.61 Å². The van der Waals surface area contributed by atoms with Crippen molar-refractivity contribution in [2.24, 2.45) is 0 Å². The summed E-state index contributed by atoms with van der Waals surface area (Å²) in [5.41, 5.74) is 0.512. The zero-order chi connectivity index (χ0) is 15.4. The topological polar surface area (TPSA) is 127 Å². The van der Waals surface area contributed by atoms with Gasteiger partial charge in [0, 0.05) is 5.56 Å². The molecule has 1 heterocycles. The summed E-state index contributed by atoms with van der Waals surface area (Å²) < 4.78 is 0. The van der Waals surface area contributed by atoms with Crippen LogP contribution in [0.5, 0.6) is 0 Å². The third-order valence-corrected chi connectivity index (χ3v) is 3.07. The van der Waals surface area contributed by atoms with Gasteiger partial charge in [0.1, 0.15) is 18.3 Å². The first-order valence-corrected chi connectivity index (χ1v) is 6.34. The van der Waals surface area contributed by atoms with Gasteiger partial charge in [-0.2, -0.15) is 0 Å². The van der Waals surface area contributed by atoms with E-state index in [1.54, 1.807) is 30.3 Å². The number of aromatic amines is 1. The van der Waals surface area contributed by atoms with Crippen LogP contribution in [0.15, 0.2) is 36.5 Å². The SMILES string of the molecule is O=C(c1ccccc1)c1ncc([C@@H](O)[C@H](O)[C@H](O)CO)[nH]1. The van der Waals surface area contributed by atoms with Crippen LogP contribution in [-0.2, 0) is 0 Å². The summed E-state index contributed by atoms with van der Waals surface area (Å²) in [4.78, 5) is 18.6. The first-order valence-electron chi connectivity index (χ1n) is 6.34. The Balaban J connectivity index is 2.16. The van der Waals surface area contributed by atoms with Crippen molar-refractivity contribution in [3.8, 4) is 0 Å². The van der Waals surface area contributed by atoms with Crippen LogP contribution in [0.4, 0.5) is 0 Å². The van der Waals surface area contributed by atoms with Crippen LogP contribution in [0.1, 0.15) is 28.0 Å². The average molecular weight is 292 g/mol. The molecule has 2 aromatic rings. The summed E-state index contributed by atoms with van der Waals surface area (Å²) in [6.45, 7) is -0.692. The molecule has 3 atom stereocenters. The maximum atomic E-state index is 12.1. The van der Waals surface area contributed by atoms with Gasteiger partial charge in [0.15, 0.2) is 5.82 Å². The molecule has 1 aromatic carbocycles. The molecule has 2 rings (SSSR count). The van der Waals surface area contributed by atoms with E-state index >= 15 is 0 Å². The number of benzene rings is 1. The number of carbonyl (C=O) groups excluding carboxylic acids is 1. The lowest BCUT2D eigenvalue weighted by Crippen LogP contribution is -2.34. The first kappa shape index (κ1) is 15.3. The quantitative estimate of drug-likeness (QED) is 0.452. The van der Waals surface area contributed by atoms with E-state index in [-0.39, 0.29) is 17.3 Å². The number of nitrogens with one attached hydrogen (secondary N) is 1. The number of ketones is 1. The highest BCUT2D eigenvalue weighted by Gasteiger charge is 2.27. The second-order valence-electron chi connectivity index (χ2n) is 4.57. The van der Waals surface area contributed by atoms with Crippen molar-refractivity contribution >= 4 is 5.78 Å². The third kappa shape index (κ3) is 3.34. The fraction of sp³-hybridized carbons (Fsp3) is 0.286. The predicted molar refractivity (Wildman–Crippen MR) is 72.5 cm³/mol. The number of imidazole rings is 1. The maximum Gasteiger partial charge on any atom is 0.228 e. The fourth-order valence-electron chi connectivity index (χ4n) is 1.83. The minimum absolute atomic E-state index is 0.0148. The van der Waals surface area contributed by atoms with Gasteiger partial charge >= 0.3 is 0 Å². The van der Waals surface area contributed by atoms with Gasteiger partial charge in [-0.1, -0.05) is 30.3 Å². The number of rotatable bonds is 6. The number of H-pyrrole nitrogens is 1. The highest BCUT2D eigenvalue weighted by molar-refractivity contribution is 6.06. The third-order valence-electron chi connectivity index (χ3n) is 3.07. The number of hydrogen-bond acceptors (Lipinski definition) is 6. The number of carbonyl (C=O) groups is 1. The molecule has 0 spiro atoms. The Labute approximate surface area is 120 Å². The van der Waals surface area contributed by atoms with E-state index in [9.17, 15) is 20.1 Å². The van der Waals surface area contributed by atoms with Crippen LogP contribution in [0.25, 0.3) is 0 Å². The lowest BCUT2D eigenvalue weighted by molar-refractivity contribution is -0.0788. The van der Waals surface area contributed by atoms with E-state index in [1.165, 1.54) is 6.20 Å². The zero-order valence-corrected chi connectivity index (χ0v) is 11.0. The Morgan fingerprint density at radius 3 is 2.48 bits per heavy atom. The second-order valence-corrected chi connectivity index (χ2v) is 4.57. The van der Waals surface area contributed by atoms with Gasteiger partial charge in [-0.3, -0.25) is 4.79 Å². The molecule has 0 aliphatic rings. The van der Waals surface area contributed by atoms with Crippen LogP contribution in [-0.4, -0.2) is 55.0 Å². The molecule has 0 unspecified atom stereocenters. The summed E-state index contributed by atoms with van der Waals surface area (Å²) in [6, 6.07) is 8.47. The fourth-order valence-corrected chi connectivity index (χ4v) is 1.83. The lowest BCUT2D eigenvalue weighted by Gasteiger charge is -2.20. The van der Waals surface area contributed by atoms with Crippen LogP contribution in [0, 0.1) is 0 Å². The molecule has 0 aliphatic heterocycles. The highest BCUT2D eigenvalue weighted by Crippen LogP contribution is 2.18. The molecule has 0 radical (unpaired) electrons. The van der Waals surface area contributed by atoms with E-state index in [0.29, 0.717) is 5.56 Å².